The molecule has 2 heterocycles. The van der Waals surface area contributed by atoms with Crippen LogP contribution in [0.1, 0.15) is 23.0 Å². The molecule has 0 aliphatic carbocycles. The fourth-order valence-electron chi connectivity index (χ4n) is 1.87. The lowest BCUT2D eigenvalue weighted by molar-refractivity contribution is 0.100. The molecule has 4 N–H and O–H groups in total. The molecule has 0 saturated carbocycles. The summed E-state index contributed by atoms with van der Waals surface area (Å²) in [5.41, 5.74) is 12.0. The third-order valence-electron chi connectivity index (χ3n) is 2.82. The van der Waals surface area contributed by atoms with E-state index in [-0.39, 0.29) is 5.82 Å². The van der Waals surface area contributed by atoms with Gasteiger partial charge in [-0.3, -0.25) is 4.79 Å². The molecule has 2 rings (SSSR count). The molecule has 0 bridgehead atoms. The van der Waals surface area contributed by atoms with Crippen LogP contribution in [0.4, 0.5) is 11.5 Å². The number of pyridine rings is 1. The van der Waals surface area contributed by atoms with Gasteiger partial charge in [-0.15, -0.1) is 0 Å². The minimum Gasteiger partial charge on any atom is -0.467 e. The van der Waals surface area contributed by atoms with E-state index in [4.69, 9.17) is 15.9 Å². The number of primary amides is 1. The normalized spacial score (nSPS) is 10.4. The van der Waals surface area contributed by atoms with Crippen LogP contribution in [-0.2, 0) is 6.54 Å². The molecule has 0 unspecified atom stereocenters. The summed E-state index contributed by atoms with van der Waals surface area (Å²) >= 11 is 0. The van der Waals surface area contributed by atoms with Crippen LogP contribution in [0.3, 0.4) is 0 Å². The molecule has 2 aromatic heterocycles. The maximum Gasteiger partial charge on any atom is 0.251 e. The molecular weight excluding hydrogens is 244 g/mol. The van der Waals surface area contributed by atoms with E-state index >= 15 is 0 Å². The number of nitrogens with two attached hydrogens (primary N) is 2. The average Bonchev–Trinajstić information content (AvgIpc) is 2.89. The summed E-state index contributed by atoms with van der Waals surface area (Å²) in [5, 5.41) is 0. The highest BCUT2D eigenvalue weighted by molar-refractivity contribution is 5.99. The van der Waals surface area contributed by atoms with Gasteiger partial charge in [0.2, 0.25) is 0 Å². The van der Waals surface area contributed by atoms with Gasteiger partial charge in [0.15, 0.2) is 0 Å². The SMILES string of the molecule is CCN(Cc1ccco1)c1cnc(N)cc1C(N)=O. The zero-order valence-corrected chi connectivity index (χ0v) is 10.7. The van der Waals surface area contributed by atoms with Crippen molar-refractivity contribution < 1.29 is 9.21 Å². The number of anilines is 2. The van der Waals surface area contributed by atoms with Crippen LogP contribution < -0.4 is 16.4 Å². The molecular formula is C13H16N4O2. The minimum atomic E-state index is -0.526. The van der Waals surface area contributed by atoms with Gasteiger partial charge in [0.25, 0.3) is 5.91 Å². The molecule has 0 atom stereocenters. The van der Waals surface area contributed by atoms with Gasteiger partial charge in [-0.1, -0.05) is 0 Å². The molecule has 6 heteroatoms. The molecule has 0 saturated heterocycles. The predicted molar refractivity (Wildman–Crippen MR) is 72.6 cm³/mol. The van der Waals surface area contributed by atoms with Crippen LogP contribution in [0.2, 0.25) is 0 Å². The third kappa shape index (κ3) is 2.85. The molecule has 0 spiro atoms. The van der Waals surface area contributed by atoms with E-state index in [1.54, 1.807) is 12.5 Å². The van der Waals surface area contributed by atoms with Crippen LogP contribution in [0, 0.1) is 0 Å². The number of nitrogen functional groups attached to an aromatic ring is 1. The lowest BCUT2D eigenvalue weighted by atomic mass is 10.2. The van der Waals surface area contributed by atoms with Crippen molar-refractivity contribution in [3.05, 3.63) is 42.0 Å². The quantitative estimate of drug-likeness (QED) is 0.846. The highest BCUT2D eigenvalue weighted by Gasteiger charge is 2.16. The smallest absolute Gasteiger partial charge is 0.251 e. The summed E-state index contributed by atoms with van der Waals surface area (Å²) in [5.74, 6) is 0.544. The van der Waals surface area contributed by atoms with Crippen LogP contribution in [0.5, 0.6) is 0 Å². The second-order valence-electron chi connectivity index (χ2n) is 4.08. The maximum atomic E-state index is 11.5. The van der Waals surface area contributed by atoms with E-state index in [0.717, 1.165) is 5.76 Å². The van der Waals surface area contributed by atoms with Crippen molar-refractivity contribution in [2.75, 3.05) is 17.2 Å². The zero-order chi connectivity index (χ0) is 13.8. The molecule has 6 nitrogen and oxygen atoms in total. The average molecular weight is 260 g/mol. The van der Waals surface area contributed by atoms with Crippen molar-refractivity contribution in [3.63, 3.8) is 0 Å². The molecule has 1 amide bonds. The highest BCUT2D eigenvalue weighted by Crippen LogP contribution is 2.22. The molecule has 0 fully saturated rings. The lowest BCUT2D eigenvalue weighted by Crippen LogP contribution is -2.26. The summed E-state index contributed by atoms with van der Waals surface area (Å²) in [6.07, 6.45) is 3.17. The number of aromatic nitrogens is 1. The Balaban J connectivity index is 2.35. The summed E-state index contributed by atoms with van der Waals surface area (Å²) in [6, 6.07) is 5.18. The first kappa shape index (κ1) is 12.9. The first-order chi connectivity index (χ1) is 9.11. The van der Waals surface area contributed by atoms with Crippen LogP contribution >= 0.6 is 0 Å². The Morgan fingerprint density at radius 3 is 2.89 bits per heavy atom. The number of furan rings is 1. The number of amides is 1. The molecule has 2 aromatic rings. The summed E-state index contributed by atoms with van der Waals surface area (Å²) < 4.78 is 5.31. The Morgan fingerprint density at radius 2 is 2.32 bits per heavy atom. The minimum absolute atomic E-state index is 0.270. The van der Waals surface area contributed by atoms with Crippen LogP contribution in [-0.4, -0.2) is 17.4 Å². The van der Waals surface area contributed by atoms with Gasteiger partial charge >= 0.3 is 0 Å². The number of rotatable bonds is 5. The van der Waals surface area contributed by atoms with Crippen molar-refractivity contribution in [1.29, 1.82) is 0 Å². The van der Waals surface area contributed by atoms with E-state index in [2.05, 4.69) is 4.98 Å². The topological polar surface area (TPSA) is 98.4 Å². The van der Waals surface area contributed by atoms with E-state index in [1.165, 1.54) is 6.07 Å². The van der Waals surface area contributed by atoms with Gasteiger partial charge in [0, 0.05) is 6.54 Å². The van der Waals surface area contributed by atoms with E-state index in [0.29, 0.717) is 24.3 Å². The predicted octanol–water partition coefficient (Wildman–Crippen LogP) is 1.38. The Kier molecular flexibility index (Phi) is 3.70. The van der Waals surface area contributed by atoms with Crippen LogP contribution in [0.15, 0.2) is 35.1 Å². The number of carbonyl (C=O) groups is 1. The first-order valence-corrected chi connectivity index (χ1v) is 5.94. The van der Waals surface area contributed by atoms with Gasteiger partial charge < -0.3 is 20.8 Å². The first-order valence-electron chi connectivity index (χ1n) is 5.94. The summed E-state index contributed by atoms with van der Waals surface area (Å²) in [6.45, 7) is 3.20. The fourth-order valence-corrected chi connectivity index (χ4v) is 1.87. The number of nitrogens with zero attached hydrogens (tertiary/aromatic N) is 2. The van der Waals surface area contributed by atoms with E-state index < -0.39 is 5.91 Å². The maximum absolute atomic E-state index is 11.5. The highest BCUT2D eigenvalue weighted by atomic mass is 16.3. The molecule has 0 aromatic carbocycles. The second-order valence-corrected chi connectivity index (χ2v) is 4.08. The van der Waals surface area contributed by atoms with Gasteiger partial charge in [-0.2, -0.15) is 0 Å². The molecule has 0 radical (unpaired) electrons. The molecule has 100 valence electrons. The second kappa shape index (κ2) is 5.43. The Hall–Kier alpha value is -2.50. The lowest BCUT2D eigenvalue weighted by Gasteiger charge is -2.23. The van der Waals surface area contributed by atoms with Crippen molar-refractivity contribution in [3.8, 4) is 0 Å². The third-order valence-corrected chi connectivity index (χ3v) is 2.82. The standard InChI is InChI=1S/C13H16N4O2/c1-2-17(8-9-4-3-5-19-9)11-7-16-12(14)6-10(11)13(15)18/h3-7H,2,8H2,1H3,(H2,14,16)(H2,15,18). The Labute approximate surface area is 111 Å². The monoisotopic (exact) mass is 260 g/mol. The number of hydrogen-bond donors (Lipinski definition) is 2. The fraction of sp³-hybridized carbons (Fsp3) is 0.231. The largest absolute Gasteiger partial charge is 0.467 e. The van der Waals surface area contributed by atoms with Crippen molar-refractivity contribution in [2.24, 2.45) is 5.73 Å². The van der Waals surface area contributed by atoms with Crippen LogP contribution in [0.25, 0.3) is 0 Å². The summed E-state index contributed by atoms with van der Waals surface area (Å²) in [7, 11) is 0. The molecule has 19 heavy (non-hydrogen) atoms. The summed E-state index contributed by atoms with van der Waals surface area (Å²) in [4.78, 5) is 17.5. The number of hydrogen-bond acceptors (Lipinski definition) is 5. The van der Waals surface area contributed by atoms with Crippen molar-refractivity contribution >= 4 is 17.4 Å². The Bertz CT molecular complexity index is 566. The molecule has 0 aliphatic heterocycles. The van der Waals surface area contributed by atoms with Gasteiger partial charge in [-0.05, 0) is 25.1 Å². The Morgan fingerprint density at radius 1 is 1.53 bits per heavy atom. The van der Waals surface area contributed by atoms with Gasteiger partial charge in [-0.25, -0.2) is 4.98 Å². The zero-order valence-electron chi connectivity index (χ0n) is 10.7. The van der Waals surface area contributed by atoms with Crippen molar-refractivity contribution in [1.82, 2.24) is 4.98 Å². The van der Waals surface area contributed by atoms with Gasteiger partial charge in [0.1, 0.15) is 11.6 Å². The van der Waals surface area contributed by atoms with E-state index in [9.17, 15) is 4.79 Å². The van der Waals surface area contributed by atoms with Gasteiger partial charge in [0.05, 0.1) is 30.3 Å². The van der Waals surface area contributed by atoms with Crippen molar-refractivity contribution in [2.45, 2.75) is 13.5 Å². The van der Waals surface area contributed by atoms with E-state index in [1.807, 2.05) is 24.0 Å². The molecule has 0 aliphatic rings. The number of carbonyl (C=O) groups excluding carboxylic acids is 1.